The van der Waals surface area contributed by atoms with Gasteiger partial charge in [0.1, 0.15) is 0 Å². The van der Waals surface area contributed by atoms with Crippen LogP contribution in [0.4, 0.5) is 0 Å². The van der Waals surface area contributed by atoms with Crippen molar-refractivity contribution in [1.82, 2.24) is 15.3 Å². The first-order chi connectivity index (χ1) is 10.3. The van der Waals surface area contributed by atoms with Crippen LogP contribution in [0.25, 0.3) is 11.4 Å². The average molecular weight is 287 g/mol. The number of aromatic nitrogens is 2. The molecule has 0 aliphatic rings. The van der Waals surface area contributed by atoms with E-state index in [4.69, 9.17) is 0 Å². The van der Waals surface area contributed by atoms with Crippen molar-refractivity contribution in [2.24, 2.45) is 0 Å². The molecule has 2 aromatic rings. The molecule has 2 rings (SSSR count). The highest BCUT2D eigenvalue weighted by molar-refractivity contribution is 5.74. The predicted octanol–water partition coefficient (Wildman–Crippen LogP) is 3.60. The zero-order valence-electron chi connectivity index (χ0n) is 13.3. The van der Waals surface area contributed by atoms with E-state index in [9.17, 15) is 4.79 Å². The van der Waals surface area contributed by atoms with Crippen molar-refractivity contribution in [1.29, 1.82) is 0 Å². The van der Waals surface area contributed by atoms with E-state index in [1.165, 1.54) is 12.6 Å². The van der Waals surface area contributed by atoms with Crippen LogP contribution >= 0.6 is 0 Å². The monoisotopic (exact) mass is 287 g/mol. The highest BCUT2D eigenvalue weighted by Gasteiger charge is 1.98. The molecule has 1 N–H and O–H groups in total. The van der Waals surface area contributed by atoms with Gasteiger partial charge in [0, 0.05) is 18.0 Å². The Bertz CT molecular complexity index is 467. The van der Waals surface area contributed by atoms with Gasteiger partial charge in [0.05, 0.1) is 11.4 Å². The SMILES string of the molecule is CC.CCCNC.O=Cc1ccc(-c2ccccn2)nc1. The lowest BCUT2D eigenvalue weighted by Gasteiger charge is -1.98. The molecular weight excluding hydrogens is 262 g/mol. The van der Waals surface area contributed by atoms with Crippen molar-refractivity contribution < 1.29 is 4.79 Å². The normalized spacial score (nSPS) is 8.76. The van der Waals surface area contributed by atoms with Gasteiger partial charge < -0.3 is 5.32 Å². The molecule has 0 amide bonds. The van der Waals surface area contributed by atoms with Gasteiger partial charge in [-0.25, -0.2) is 0 Å². The molecule has 114 valence electrons. The topological polar surface area (TPSA) is 54.9 Å². The summed E-state index contributed by atoms with van der Waals surface area (Å²) < 4.78 is 0. The Hall–Kier alpha value is -2.07. The number of nitrogens with zero attached hydrogens (tertiary/aromatic N) is 2. The number of carbonyl (C=O) groups is 1. The molecular formula is C17H25N3O. The van der Waals surface area contributed by atoms with Crippen LogP contribution in [0, 0.1) is 0 Å². The van der Waals surface area contributed by atoms with Crippen LogP contribution in [-0.4, -0.2) is 29.8 Å². The standard InChI is InChI=1S/C11H8N2O.C4H11N.C2H6/c14-8-9-4-5-11(13-7-9)10-3-1-2-6-12-10;1-3-4-5-2;1-2/h1-8H;5H,3-4H2,1-2H3;1-2H3. The minimum Gasteiger partial charge on any atom is -0.320 e. The minimum atomic E-state index is 0.574. The second-order valence-electron chi connectivity index (χ2n) is 3.91. The maximum Gasteiger partial charge on any atom is 0.151 e. The molecule has 0 atom stereocenters. The maximum absolute atomic E-state index is 10.4. The van der Waals surface area contributed by atoms with Gasteiger partial charge in [-0.1, -0.05) is 26.8 Å². The lowest BCUT2D eigenvalue weighted by molar-refractivity contribution is 0.112. The Balaban J connectivity index is 0.000000489. The summed E-state index contributed by atoms with van der Waals surface area (Å²) in [5, 5.41) is 3.02. The van der Waals surface area contributed by atoms with Crippen molar-refractivity contribution in [3.8, 4) is 11.4 Å². The van der Waals surface area contributed by atoms with Gasteiger partial charge in [0.2, 0.25) is 0 Å². The molecule has 0 aliphatic heterocycles. The smallest absolute Gasteiger partial charge is 0.151 e. The van der Waals surface area contributed by atoms with E-state index in [0.29, 0.717) is 5.56 Å². The molecule has 0 aliphatic carbocycles. The van der Waals surface area contributed by atoms with Gasteiger partial charge in [-0.3, -0.25) is 14.8 Å². The number of rotatable bonds is 4. The van der Waals surface area contributed by atoms with Crippen molar-refractivity contribution in [2.75, 3.05) is 13.6 Å². The summed E-state index contributed by atoms with van der Waals surface area (Å²) in [7, 11) is 1.96. The summed E-state index contributed by atoms with van der Waals surface area (Å²) >= 11 is 0. The number of hydrogen-bond donors (Lipinski definition) is 1. The summed E-state index contributed by atoms with van der Waals surface area (Å²) in [6.45, 7) is 7.29. The van der Waals surface area contributed by atoms with E-state index in [1.54, 1.807) is 18.3 Å². The van der Waals surface area contributed by atoms with Crippen molar-refractivity contribution in [3.63, 3.8) is 0 Å². The summed E-state index contributed by atoms with van der Waals surface area (Å²) in [6.07, 6.45) is 5.26. The maximum atomic E-state index is 10.4. The average Bonchev–Trinajstić information content (AvgIpc) is 2.59. The van der Waals surface area contributed by atoms with Gasteiger partial charge in [0.25, 0.3) is 0 Å². The highest BCUT2D eigenvalue weighted by Crippen LogP contribution is 2.12. The van der Waals surface area contributed by atoms with Gasteiger partial charge in [-0.15, -0.1) is 0 Å². The van der Waals surface area contributed by atoms with Gasteiger partial charge in [0.15, 0.2) is 6.29 Å². The predicted molar refractivity (Wildman–Crippen MR) is 88.4 cm³/mol. The summed E-state index contributed by atoms with van der Waals surface area (Å²) in [6, 6.07) is 9.14. The van der Waals surface area contributed by atoms with Crippen LogP contribution < -0.4 is 5.32 Å². The lowest BCUT2D eigenvalue weighted by atomic mass is 10.2. The molecule has 2 aromatic heterocycles. The summed E-state index contributed by atoms with van der Waals surface area (Å²) in [5.74, 6) is 0. The zero-order chi connectivity index (χ0) is 15.9. The largest absolute Gasteiger partial charge is 0.320 e. The van der Waals surface area contributed by atoms with Crippen LogP contribution in [-0.2, 0) is 0 Å². The highest BCUT2D eigenvalue weighted by atomic mass is 16.1. The van der Waals surface area contributed by atoms with E-state index in [2.05, 4.69) is 22.2 Å². The third-order valence-corrected chi connectivity index (χ3v) is 2.35. The van der Waals surface area contributed by atoms with E-state index in [-0.39, 0.29) is 0 Å². The van der Waals surface area contributed by atoms with Crippen LogP contribution in [0.1, 0.15) is 37.6 Å². The number of hydrogen-bond acceptors (Lipinski definition) is 4. The second kappa shape index (κ2) is 12.9. The van der Waals surface area contributed by atoms with Crippen LogP contribution in [0.3, 0.4) is 0 Å². The van der Waals surface area contributed by atoms with Crippen LogP contribution in [0.15, 0.2) is 42.7 Å². The summed E-state index contributed by atoms with van der Waals surface area (Å²) in [5.41, 5.74) is 2.16. The molecule has 4 nitrogen and oxygen atoms in total. The van der Waals surface area contributed by atoms with Crippen LogP contribution in [0.2, 0.25) is 0 Å². The number of carbonyl (C=O) groups excluding carboxylic acids is 1. The molecule has 2 heterocycles. The van der Waals surface area contributed by atoms with Gasteiger partial charge in [-0.2, -0.15) is 0 Å². The fourth-order valence-corrected chi connectivity index (χ4v) is 1.39. The molecule has 0 unspecified atom stereocenters. The molecule has 0 radical (unpaired) electrons. The Morgan fingerprint density at radius 1 is 1.10 bits per heavy atom. The quantitative estimate of drug-likeness (QED) is 0.873. The Labute approximate surface area is 127 Å². The first kappa shape index (κ1) is 18.9. The fraction of sp³-hybridized carbons (Fsp3) is 0.353. The third-order valence-electron chi connectivity index (χ3n) is 2.35. The second-order valence-corrected chi connectivity index (χ2v) is 3.91. The van der Waals surface area contributed by atoms with Crippen molar-refractivity contribution >= 4 is 6.29 Å². The molecule has 0 aromatic carbocycles. The van der Waals surface area contributed by atoms with E-state index in [1.807, 2.05) is 39.1 Å². The first-order valence-corrected chi connectivity index (χ1v) is 7.29. The van der Waals surface area contributed by atoms with Gasteiger partial charge in [-0.05, 0) is 44.3 Å². The molecule has 0 bridgehead atoms. The number of nitrogens with one attached hydrogen (secondary N) is 1. The molecule has 0 spiro atoms. The van der Waals surface area contributed by atoms with Crippen molar-refractivity contribution in [2.45, 2.75) is 27.2 Å². The van der Waals surface area contributed by atoms with Crippen molar-refractivity contribution in [3.05, 3.63) is 48.3 Å². The summed E-state index contributed by atoms with van der Waals surface area (Å²) in [4.78, 5) is 18.7. The molecule has 0 fully saturated rings. The molecule has 0 saturated heterocycles. The Morgan fingerprint density at radius 3 is 2.19 bits per heavy atom. The lowest BCUT2D eigenvalue weighted by Crippen LogP contribution is -2.04. The Kier molecular flexibility index (Phi) is 11.7. The van der Waals surface area contributed by atoms with E-state index in [0.717, 1.165) is 24.2 Å². The number of aldehydes is 1. The van der Waals surface area contributed by atoms with E-state index < -0.39 is 0 Å². The van der Waals surface area contributed by atoms with Crippen LogP contribution in [0.5, 0.6) is 0 Å². The molecule has 21 heavy (non-hydrogen) atoms. The van der Waals surface area contributed by atoms with Gasteiger partial charge >= 0.3 is 0 Å². The third kappa shape index (κ3) is 7.95. The Morgan fingerprint density at radius 2 is 1.81 bits per heavy atom. The minimum absolute atomic E-state index is 0.574. The zero-order valence-corrected chi connectivity index (χ0v) is 13.3. The fourth-order valence-electron chi connectivity index (χ4n) is 1.39. The number of pyridine rings is 2. The molecule has 4 heteroatoms. The molecule has 0 saturated carbocycles. The van der Waals surface area contributed by atoms with E-state index >= 15 is 0 Å². The first-order valence-electron chi connectivity index (χ1n) is 7.29.